The maximum atomic E-state index is 11.2. The monoisotopic (exact) mass is 317 g/mol. The van der Waals surface area contributed by atoms with E-state index in [1.807, 2.05) is 30.5 Å². The average molecular weight is 317 g/mol. The van der Waals surface area contributed by atoms with E-state index < -0.39 is 15.4 Å². The molecule has 0 aliphatic heterocycles. The largest absolute Gasteiger partial charge is 0.285 e. The van der Waals surface area contributed by atoms with Crippen molar-refractivity contribution >= 4 is 43.4 Å². The van der Waals surface area contributed by atoms with Gasteiger partial charge in [0, 0.05) is 11.7 Å². The van der Waals surface area contributed by atoms with E-state index in [1.54, 1.807) is 11.3 Å². The third-order valence-electron chi connectivity index (χ3n) is 3.01. The highest BCUT2D eigenvalue weighted by Gasteiger charge is 2.28. The zero-order valence-corrected chi connectivity index (χ0v) is 13.1. The van der Waals surface area contributed by atoms with E-state index in [9.17, 15) is 8.42 Å². The highest BCUT2D eigenvalue weighted by molar-refractivity contribution is 8.00. The molecule has 4 nitrogen and oxygen atoms in total. The van der Waals surface area contributed by atoms with Crippen LogP contribution in [0.4, 0.5) is 0 Å². The molecule has 0 bridgehead atoms. The molecule has 1 aromatic carbocycles. The minimum Gasteiger partial charge on any atom is -0.285 e. The van der Waals surface area contributed by atoms with Crippen LogP contribution in [0.3, 0.4) is 0 Å². The molecule has 1 N–H and O–H groups in total. The maximum Gasteiger partial charge on any atom is 0.268 e. The van der Waals surface area contributed by atoms with Gasteiger partial charge >= 0.3 is 0 Å². The van der Waals surface area contributed by atoms with Crippen molar-refractivity contribution in [3.8, 4) is 0 Å². The molecule has 0 fully saturated rings. The molecule has 0 aliphatic rings. The fourth-order valence-corrected chi connectivity index (χ4v) is 4.89. The first-order valence-electron chi connectivity index (χ1n) is 5.75. The number of thioether (sulfide) groups is 1. The van der Waals surface area contributed by atoms with E-state index >= 15 is 0 Å². The van der Waals surface area contributed by atoms with Gasteiger partial charge in [-0.2, -0.15) is 20.2 Å². The fraction of sp³-hybridized carbons (Fsp3) is 0.417. The SMILES string of the molecule is CSC(Cc1nc2ccccc2s1)C(C)S(=O)(=O)O. The molecule has 0 saturated heterocycles. The van der Waals surface area contributed by atoms with Gasteiger partial charge < -0.3 is 0 Å². The van der Waals surface area contributed by atoms with Crippen LogP contribution in [0.5, 0.6) is 0 Å². The van der Waals surface area contributed by atoms with Crippen molar-refractivity contribution in [3.63, 3.8) is 0 Å². The van der Waals surface area contributed by atoms with Gasteiger partial charge in [0.05, 0.1) is 20.5 Å². The molecule has 0 saturated carbocycles. The van der Waals surface area contributed by atoms with Gasteiger partial charge in [0.15, 0.2) is 0 Å². The van der Waals surface area contributed by atoms with Crippen molar-refractivity contribution in [1.29, 1.82) is 0 Å². The van der Waals surface area contributed by atoms with Gasteiger partial charge in [0.25, 0.3) is 10.1 Å². The van der Waals surface area contributed by atoms with E-state index in [4.69, 9.17) is 4.55 Å². The molecular formula is C12H15NO3S3. The summed E-state index contributed by atoms with van der Waals surface area (Å²) in [5, 5.41) is -0.0962. The second-order valence-electron chi connectivity index (χ2n) is 4.27. The minimum absolute atomic E-state index is 0.199. The molecule has 1 heterocycles. The van der Waals surface area contributed by atoms with Crippen LogP contribution in [-0.2, 0) is 16.5 Å². The Morgan fingerprint density at radius 1 is 1.42 bits per heavy atom. The van der Waals surface area contributed by atoms with Crippen molar-refractivity contribution in [3.05, 3.63) is 29.3 Å². The molecule has 2 atom stereocenters. The van der Waals surface area contributed by atoms with Crippen LogP contribution < -0.4 is 0 Å². The topological polar surface area (TPSA) is 67.3 Å². The van der Waals surface area contributed by atoms with Crippen molar-refractivity contribution < 1.29 is 13.0 Å². The van der Waals surface area contributed by atoms with Crippen molar-refractivity contribution in [2.24, 2.45) is 0 Å². The Morgan fingerprint density at radius 3 is 2.68 bits per heavy atom. The third-order valence-corrected chi connectivity index (χ3v) is 6.69. The van der Waals surface area contributed by atoms with Gasteiger partial charge in [0.2, 0.25) is 0 Å². The predicted octanol–water partition coefficient (Wildman–Crippen LogP) is 2.85. The molecule has 19 heavy (non-hydrogen) atoms. The van der Waals surface area contributed by atoms with Gasteiger partial charge in [-0.3, -0.25) is 4.55 Å². The standard InChI is InChI=1S/C12H15NO3S3/c1-8(19(14,15)16)11(17-2)7-12-13-9-5-3-4-6-10(9)18-12/h3-6,8,11H,7H2,1-2H3,(H,14,15,16). The first-order valence-corrected chi connectivity index (χ1v) is 9.36. The van der Waals surface area contributed by atoms with Crippen molar-refractivity contribution in [2.45, 2.75) is 23.8 Å². The third kappa shape index (κ3) is 3.47. The normalized spacial score (nSPS) is 15.5. The molecule has 1 aromatic heterocycles. The first-order chi connectivity index (χ1) is 8.91. The lowest BCUT2D eigenvalue weighted by molar-refractivity contribution is 0.467. The number of fused-ring (bicyclic) bond motifs is 1. The van der Waals surface area contributed by atoms with Gasteiger partial charge in [-0.05, 0) is 25.3 Å². The number of hydrogen-bond donors (Lipinski definition) is 1. The summed E-state index contributed by atoms with van der Waals surface area (Å²) in [6.07, 6.45) is 2.39. The molecule has 2 unspecified atom stereocenters. The maximum absolute atomic E-state index is 11.2. The second kappa shape index (κ2) is 5.78. The minimum atomic E-state index is -4.01. The summed E-state index contributed by atoms with van der Waals surface area (Å²) in [7, 11) is -4.01. The molecule has 7 heteroatoms. The Balaban J connectivity index is 2.23. The number of nitrogens with zero attached hydrogens (tertiary/aromatic N) is 1. The Morgan fingerprint density at radius 2 is 2.11 bits per heavy atom. The Hall–Kier alpha value is -0.630. The number of aromatic nitrogens is 1. The first kappa shape index (κ1) is 14.8. The van der Waals surface area contributed by atoms with Crippen LogP contribution in [0.1, 0.15) is 11.9 Å². The van der Waals surface area contributed by atoms with Crippen LogP contribution in [-0.4, -0.2) is 34.7 Å². The summed E-state index contributed by atoms with van der Waals surface area (Å²) < 4.78 is 32.7. The van der Waals surface area contributed by atoms with E-state index in [-0.39, 0.29) is 5.25 Å². The summed E-state index contributed by atoms with van der Waals surface area (Å²) in [4.78, 5) is 4.49. The number of benzene rings is 1. The smallest absolute Gasteiger partial charge is 0.268 e. The highest BCUT2D eigenvalue weighted by atomic mass is 32.2. The van der Waals surface area contributed by atoms with Gasteiger partial charge in [-0.1, -0.05) is 12.1 Å². The predicted molar refractivity (Wildman–Crippen MR) is 81.6 cm³/mol. The average Bonchev–Trinajstić information content (AvgIpc) is 2.76. The molecule has 2 aromatic rings. The number of hydrogen-bond acceptors (Lipinski definition) is 5. The van der Waals surface area contributed by atoms with E-state index in [0.717, 1.165) is 15.2 Å². The zero-order chi connectivity index (χ0) is 14.0. The number of thiazole rings is 1. The molecule has 104 valence electrons. The summed E-state index contributed by atoms with van der Waals surface area (Å²) in [5.74, 6) is 0. The van der Waals surface area contributed by atoms with Gasteiger partial charge in [-0.15, -0.1) is 11.3 Å². The Labute approximate surface area is 121 Å². The summed E-state index contributed by atoms with van der Waals surface area (Å²) in [5.41, 5.74) is 0.932. The molecule has 0 amide bonds. The number of rotatable bonds is 5. The number of para-hydroxylation sites is 1. The van der Waals surface area contributed by atoms with Gasteiger partial charge in [-0.25, -0.2) is 4.98 Å². The second-order valence-corrected chi connectivity index (χ2v) is 8.24. The molecule has 0 aliphatic carbocycles. The van der Waals surface area contributed by atoms with Crippen LogP contribution >= 0.6 is 23.1 Å². The van der Waals surface area contributed by atoms with Crippen LogP contribution in [0.15, 0.2) is 24.3 Å². The Bertz CT molecular complexity index is 633. The van der Waals surface area contributed by atoms with Crippen LogP contribution in [0, 0.1) is 0 Å². The van der Waals surface area contributed by atoms with Crippen LogP contribution in [0.25, 0.3) is 10.2 Å². The molecule has 0 spiro atoms. The summed E-state index contributed by atoms with van der Waals surface area (Å²) in [6, 6.07) is 7.82. The lowest BCUT2D eigenvalue weighted by atomic mass is 10.2. The summed E-state index contributed by atoms with van der Waals surface area (Å²) in [6.45, 7) is 1.53. The lowest BCUT2D eigenvalue weighted by Crippen LogP contribution is -2.30. The van der Waals surface area contributed by atoms with E-state index in [1.165, 1.54) is 18.7 Å². The molecule has 0 radical (unpaired) electrons. The van der Waals surface area contributed by atoms with E-state index in [2.05, 4.69) is 4.98 Å². The van der Waals surface area contributed by atoms with Crippen molar-refractivity contribution in [1.82, 2.24) is 4.98 Å². The zero-order valence-electron chi connectivity index (χ0n) is 10.6. The fourth-order valence-electron chi connectivity index (χ4n) is 1.81. The lowest BCUT2D eigenvalue weighted by Gasteiger charge is -2.18. The quantitative estimate of drug-likeness (QED) is 0.859. The Kier molecular flexibility index (Phi) is 4.50. The highest BCUT2D eigenvalue weighted by Crippen LogP contribution is 2.27. The molecule has 2 rings (SSSR count). The van der Waals surface area contributed by atoms with Crippen molar-refractivity contribution in [2.75, 3.05) is 6.26 Å². The van der Waals surface area contributed by atoms with Crippen LogP contribution in [0.2, 0.25) is 0 Å². The molecular weight excluding hydrogens is 302 g/mol. The van der Waals surface area contributed by atoms with E-state index in [0.29, 0.717) is 6.42 Å². The summed E-state index contributed by atoms with van der Waals surface area (Å²) >= 11 is 3.01. The van der Waals surface area contributed by atoms with Gasteiger partial charge in [0.1, 0.15) is 0 Å².